The van der Waals surface area contributed by atoms with Crippen molar-refractivity contribution in [1.29, 1.82) is 0 Å². The van der Waals surface area contributed by atoms with Gasteiger partial charge in [-0.1, -0.05) is 17.8 Å². The highest BCUT2D eigenvalue weighted by atomic mass is 32.2. The van der Waals surface area contributed by atoms with Crippen LogP contribution in [0, 0.1) is 10.1 Å². The number of nitro groups is 1. The van der Waals surface area contributed by atoms with Crippen LogP contribution < -0.4 is 5.32 Å². The molecular formula is C14H15N5O3S. The number of rotatable bonds is 7. The third kappa shape index (κ3) is 4.39. The molecule has 0 fully saturated rings. The summed E-state index contributed by atoms with van der Waals surface area (Å²) in [7, 11) is 0. The van der Waals surface area contributed by atoms with E-state index in [1.165, 1.54) is 36.0 Å². The highest BCUT2D eigenvalue weighted by Gasteiger charge is 2.18. The third-order valence-corrected chi connectivity index (χ3v) is 4.00. The van der Waals surface area contributed by atoms with Gasteiger partial charge in [0.25, 0.3) is 5.69 Å². The minimum atomic E-state index is -0.490. The lowest BCUT2D eigenvalue weighted by molar-refractivity contribution is -0.384. The summed E-state index contributed by atoms with van der Waals surface area (Å²) in [6.45, 7) is 5.96. The number of anilines is 1. The molecule has 0 spiro atoms. The Kier molecular flexibility index (Phi) is 5.47. The Bertz CT molecular complexity index is 713. The molecule has 9 heteroatoms. The quantitative estimate of drug-likeness (QED) is 0.361. The smallest absolute Gasteiger partial charge is 0.269 e. The number of non-ortho nitro benzene ring substituents is 1. The number of nitrogens with one attached hydrogen (secondary N) is 1. The van der Waals surface area contributed by atoms with Crippen LogP contribution >= 0.6 is 11.8 Å². The van der Waals surface area contributed by atoms with Gasteiger partial charge in [0.2, 0.25) is 5.91 Å². The molecule has 8 nitrogen and oxygen atoms in total. The van der Waals surface area contributed by atoms with Crippen molar-refractivity contribution < 1.29 is 9.72 Å². The fourth-order valence-electron chi connectivity index (χ4n) is 1.72. The van der Waals surface area contributed by atoms with Gasteiger partial charge in [-0.2, -0.15) is 0 Å². The van der Waals surface area contributed by atoms with Gasteiger partial charge in [0.15, 0.2) is 5.16 Å². The van der Waals surface area contributed by atoms with E-state index in [9.17, 15) is 14.9 Å². The second-order valence-corrected chi connectivity index (χ2v) is 5.92. The van der Waals surface area contributed by atoms with Gasteiger partial charge in [0.1, 0.15) is 6.33 Å². The maximum atomic E-state index is 12.2. The number of nitro benzene ring substituents is 1. The molecule has 1 aromatic carbocycles. The summed E-state index contributed by atoms with van der Waals surface area (Å²) in [5.74, 6) is -0.225. The molecule has 1 heterocycles. The van der Waals surface area contributed by atoms with Crippen molar-refractivity contribution in [2.75, 3.05) is 5.32 Å². The zero-order valence-electron chi connectivity index (χ0n) is 12.4. The highest BCUT2D eigenvalue weighted by Crippen LogP contribution is 2.23. The Labute approximate surface area is 136 Å². The van der Waals surface area contributed by atoms with Gasteiger partial charge in [-0.15, -0.1) is 16.8 Å². The number of allylic oxidation sites excluding steroid dienone is 1. The van der Waals surface area contributed by atoms with Gasteiger partial charge in [-0.25, -0.2) is 0 Å². The first-order valence-electron chi connectivity index (χ1n) is 6.72. The molecule has 120 valence electrons. The van der Waals surface area contributed by atoms with Crippen LogP contribution in [0.1, 0.15) is 6.92 Å². The average molecular weight is 333 g/mol. The zero-order valence-corrected chi connectivity index (χ0v) is 13.2. The summed E-state index contributed by atoms with van der Waals surface area (Å²) in [5, 5.41) is 21.3. The van der Waals surface area contributed by atoms with Crippen molar-refractivity contribution in [3.05, 3.63) is 53.4 Å². The van der Waals surface area contributed by atoms with Gasteiger partial charge in [-0.3, -0.25) is 14.9 Å². The molecule has 1 atom stereocenters. The lowest BCUT2D eigenvalue weighted by atomic mass is 10.3. The molecular weight excluding hydrogens is 318 g/mol. The molecule has 2 aromatic rings. The summed E-state index contributed by atoms with van der Waals surface area (Å²) in [6, 6.07) is 5.67. The number of carbonyl (C=O) groups excluding carboxylic acids is 1. The van der Waals surface area contributed by atoms with Crippen LogP contribution in [-0.2, 0) is 11.3 Å². The largest absolute Gasteiger partial charge is 0.325 e. The number of aromatic nitrogens is 3. The van der Waals surface area contributed by atoms with E-state index in [0.29, 0.717) is 17.4 Å². The molecule has 0 saturated heterocycles. The Morgan fingerprint density at radius 3 is 2.83 bits per heavy atom. The molecule has 0 saturated carbocycles. The van der Waals surface area contributed by atoms with Crippen molar-refractivity contribution >= 4 is 29.0 Å². The van der Waals surface area contributed by atoms with E-state index in [4.69, 9.17) is 0 Å². The molecule has 0 aliphatic heterocycles. The molecule has 1 aromatic heterocycles. The molecule has 0 radical (unpaired) electrons. The summed E-state index contributed by atoms with van der Waals surface area (Å²) < 4.78 is 1.79. The van der Waals surface area contributed by atoms with Gasteiger partial charge in [-0.05, 0) is 19.1 Å². The zero-order chi connectivity index (χ0) is 16.8. The number of amides is 1. The van der Waals surface area contributed by atoms with Crippen molar-refractivity contribution in [2.24, 2.45) is 0 Å². The van der Waals surface area contributed by atoms with Gasteiger partial charge in [0.05, 0.1) is 10.2 Å². The fraction of sp³-hybridized carbons (Fsp3) is 0.214. The predicted octanol–water partition coefficient (Wildman–Crippen LogP) is 2.49. The average Bonchev–Trinajstić information content (AvgIpc) is 2.95. The highest BCUT2D eigenvalue weighted by molar-refractivity contribution is 8.00. The number of benzene rings is 1. The summed E-state index contributed by atoms with van der Waals surface area (Å²) in [6.07, 6.45) is 3.29. The van der Waals surface area contributed by atoms with E-state index in [1.807, 2.05) is 0 Å². The maximum Gasteiger partial charge on any atom is 0.269 e. The Hall–Kier alpha value is -2.68. The fourth-order valence-corrected chi connectivity index (χ4v) is 2.56. The SMILES string of the molecule is C=CCn1cnnc1SC(C)C(=O)Nc1ccc([N+](=O)[O-])cc1. The van der Waals surface area contributed by atoms with Crippen LogP contribution in [0.25, 0.3) is 0 Å². The van der Waals surface area contributed by atoms with E-state index in [-0.39, 0.29) is 11.6 Å². The van der Waals surface area contributed by atoms with Crippen LogP contribution in [0.3, 0.4) is 0 Å². The number of nitrogens with zero attached hydrogens (tertiary/aromatic N) is 4. The monoisotopic (exact) mass is 333 g/mol. The lowest BCUT2D eigenvalue weighted by Gasteiger charge is -2.11. The number of thioether (sulfide) groups is 1. The number of hydrogen-bond acceptors (Lipinski definition) is 6. The van der Waals surface area contributed by atoms with Crippen molar-refractivity contribution in [3.63, 3.8) is 0 Å². The van der Waals surface area contributed by atoms with Crippen molar-refractivity contribution in [2.45, 2.75) is 23.9 Å². The minimum absolute atomic E-state index is 0.0250. The predicted molar refractivity (Wildman–Crippen MR) is 87.3 cm³/mol. The standard InChI is InChI=1S/C14H15N5O3S/c1-3-8-18-9-15-17-14(18)23-10(2)13(20)16-11-4-6-12(7-5-11)19(21)22/h3-7,9-10H,1,8H2,2H3,(H,16,20). The molecule has 0 bridgehead atoms. The van der Waals surface area contributed by atoms with Gasteiger partial charge in [0, 0.05) is 24.4 Å². The Balaban J connectivity index is 1.98. The molecule has 2 rings (SSSR count). The second kappa shape index (κ2) is 7.54. The van der Waals surface area contributed by atoms with Crippen molar-refractivity contribution in [3.8, 4) is 0 Å². The van der Waals surface area contributed by atoms with Crippen LogP contribution in [0.2, 0.25) is 0 Å². The van der Waals surface area contributed by atoms with E-state index in [1.54, 1.807) is 23.9 Å². The number of carbonyl (C=O) groups is 1. The Morgan fingerprint density at radius 2 is 2.22 bits per heavy atom. The van der Waals surface area contributed by atoms with E-state index in [2.05, 4.69) is 22.1 Å². The van der Waals surface area contributed by atoms with Gasteiger partial charge < -0.3 is 9.88 Å². The van der Waals surface area contributed by atoms with Crippen molar-refractivity contribution in [1.82, 2.24) is 14.8 Å². The molecule has 0 aliphatic rings. The van der Waals surface area contributed by atoms with Crippen LogP contribution in [0.4, 0.5) is 11.4 Å². The minimum Gasteiger partial charge on any atom is -0.325 e. The van der Waals surface area contributed by atoms with E-state index in [0.717, 1.165) is 0 Å². The molecule has 23 heavy (non-hydrogen) atoms. The third-order valence-electron chi connectivity index (χ3n) is 2.90. The summed E-state index contributed by atoms with van der Waals surface area (Å²) in [4.78, 5) is 22.3. The Morgan fingerprint density at radius 1 is 1.52 bits per heavy atom. The summed E-state index contributed by atoms with van der Waals surface area (Å²) >= 11 is 1.27. The van der Waals surface area contributed by atoms with Crippen LogP contribution in [0.5, 0.6) is 0 Å². The van der Waals surface area contributed by atoms with Crippen LogP contribution in [0.15, 0.2) is 48.4 Å². The molecule has 0 aliphatic carbocycles. The van der Waals surface area contributed by atoms with E-state index < -0.39 is 10.2 Å². The molecule has 1 amide bonds. The molecule has 1 N–H and O–H groups in total. The lowest BCUT2D eigenvalue weighted by Crippen LogP contribution is -2.22. The normalized spacial score (nSPS) is 11.7. The number of hydrogen-bond donors (Lipinski definition) is 1. The summed E-state index contributed by atoms with van der Waals surface area (Å²) in [5.41, 5.74) is 0.476. The van der Waals surface area contributed by atoms with Crippen LogP contribution in [-0.4, -0.2) is 30.8 Å². The topological polar surface area (TPSA) is 103 Å². The van der Waals surface area contributed by atoms with Gasteiger partial charge >= 0.3 is 0 Å². The first-order valence-corrected chi connectivity index (χ1v) is 7.60. The molecule has 1 unspecified atom stereocenters. The van der Waals surface area contributed by atoms with E-state index >= 15 is 0 Å². The second-order valence-electron chi connectivity index (χ2n) is 4.61. The first-order chi connectivity index (χ1) is 11.0. The first kappa shape index (κ1) is 16.7. The maximum absolute atomic E-state index is 12.2.